The van der Waals surface area contributed by atoms with Crippen LogP contribution in [0.1, 0.15) is 10.4 Å². The van der Waals surface area contributed by atoms with Gasteiger partial charge in [0, 0.05) is 37.6 Å². The van der Waals surface area contributed by atoms with Gasteiger partial charge in [-0.25, -0.2) is 4.98 Å². The maximum atomic E-state index is 11.7. The van der Waals surface area contributed by atoms with Crippen LogP contribution in [0.25, 0.3) is 0 Å². The molecule has 0 fully saturated rings. The number of methoxy groups -OCH3 is 3. The smallest absolute Gasteiger partial charge is 0.254 e. The van der Waals surface area contributed by atoms with Gasteiger partial charge in [-0.3, -0.25) is 4.79 Å². The fraction of sp³-hybridized carbons (Fsp3) is 0.353. The summed E-state index contributed by atoms with van der Waals surface area (Å²) in [5, 5.41) is 6.05. The number of hydrogen-bond acceptors (Lipinski definition) is 9. The Bertz CT molecular complexity index is 786. The fourth-order valence-corrected chi connectivity index (χ4v) is 2.29. The van der Waals surface area contributed by atoms with Crippen molar-refractivity contribution >= 4 is 23.4 Å². The van der Waals surface area contributed by atoms with E-state index < -0.39 is 5.91 Å². The summed E-state index contributed by atoms with van der Waals surface area (Å²) in [5.41, 5.74) is 12.1. The summed E-state index contributed by atoms with van der Waals surface area (Å²) in [4.78, 5) is 20.1. The Morgan fingerprint density at radius 2 is 1.96 bits per heavy atom. The van der Waals surface area contributed by atoms with Crippen LogP contribution in [0.5, 0.6) is 11.5 Å². The number of ether oxygens (including phenoxy) is 3. The monoisotopic (exact) mass is 376 g/mol. The van der Waals surface area contributed by atoms with Crippen molar-refractivity contribution in [3.63, 3.8) is 0 Å². The standard InChI is InChI=1S/C17H24N6O4/c1-25-9-10(18)7-20-17-21-8-12(15(19)24)16(23-17)22-11-4-5-13(26-2)14(6-11)27-3/h4-6,8,10H,7,9,18H2,1-3H3,(H2,19,24)(H2,20,21,22,23). The highest BCUT2D eigenvalue weighted by Gasteiger charge is 2.14. The quantitative estimate of drug-likeness (QED) is 0.471. The third-order valence-corrected chi connectivity index (χ3v) is 3.60. The summed E-state index contributed by atoms with van der Waals surface area (Å²) in [6.07, 6.45) is 1.35. The minimum absolute atomic E-state index is 0.150. The van der Waals surface area contributed by atoms with Gasteiger partial charge >= 0.3 is 0 Å². The van der Waals surface area contributed by atoms with Crippen LogP contribution in [0.2, 0.25) is 0 Å². The van der Waals surface area contributed by atoms with Gasteiger partial charge in [0.25, 0.3) is 5.91 Å². The van der Waals surface area contributed by atoms with E-state index in [1.165, 1.54) is 13.3 Å². The van der Waals surface area contributed by atoms with Crippen LogP contribution in [-0.4, -0.2) is 56.4 Å². The van der Waals surface area contributed by atoms with Crippen molar-refractivity contribution in [3.8, 4) is 11.5 Å². The molecule has 0 saturated carbocycles. The normalized spacial score (nSPS) is 11.6. The molecule has 2 aromatic rings. The van der Waals surface area contributed by atoms with E-state index in [0.29, 0.717) is 36.3 Å². The highest BCUT2D eigenvalue weighted by molar-refractivity contribution is 5.98. The third kappa shape index (κ3) is 5.43. The molecule has 0 aliphatic heterocycles. The highest BCUT2D eigenvalue weighted by atomic mass is 16.5. The zero-order valence-corrected chi connectivity index (χ0v) is 15.5. The van der Waals surface area contributed by atoms with Gasteiger partial charge in [0.1, 0.15) is 11.4 Å². The number of aromatic nitrogens is 2. The van der Waals surface area contributed by atoms with Gasteiger partial charge in [-0.15, -0.1) is 0 Å². The highest BCUT2D eigenvalue weighted by Crippen LogP contribution is 2.31. The minimum Gasteiger partial charge on any atom is -0.493 e. The van der Waals surface area contributed by atoms with E-state index >= 15 is 0 Å². The second-order valence-corrected chi connectivity index (χ2v) is 5.61. The van der Waals surface area contributed by atoms with E-state index in [9.17, 15) is 4.79 Å². The van der Waals surface area contributed by atoms with Crippen LogP contribution < -0.4 is 31.6 Å². The molecule has 6 N–H and O–H groups in total. The molecule has 1 atom stereocenters. The Morgan fingerprint density at radius 3 is 2.59 bits per heavy atom. The number of carbonyl (C=O) groups is 1. The predicted molar refractivity (Wildman–Crippen MR) is 102 cm³/mol. The molecule has 0 radical (unpaired) electrons. The number of nitrogens with two attached hydrogens (primary N) is 2. The molecule has 27 heavy (non-hydrogen) atoms. The Hall–Kier alpha value is -3.11. The Balaban J connectivity index is 2.25. The lowest BCUT2D eigenvalue weighted by Gasteiger charge is -2.15. The number of amides is 1. The molecule has 0 bridgehead atoms. The topological polar surface area (TPSA) is 147 Å². The van der Waals surface area contributed by atoms with Gasteiger partial charge < -0.3 is 36.3 Å². The molecule has 1 amide bonds. The van der Waals surface area contributed by atoms with Crippen LogP contribution >= 0.6 is 0 Å². The number of rotatable bonds is 10. The SMILES string of the molecule is COCC(N)CNc1ncc(C(N)=O)c(Nc2ccc(OC)c(OC)c2)n1. The van der Waals surface area contributed by atoms with Crippen molar-refractivity contribution in [2.24, 2.45) is 11.5 Å². The molecular weight excluding hydrogens is 352 g/mol. The first-order valence-corrected chi connectivity index (χ1v) is 8.12. The molecule has 0 saturated heterocycles. The largest absolute Gasteiger partial charge is 0.493 e. The molecule has 0 spiro atoms. The molecule has 0 aliphatic rings. The molecule has 10 nitrogen and oxygen atoms in total. The predicted octanol–water partition coefficient (Wildman–Crippen LogP) is 0.722. The van der Waals surface area contributed by atoms with Crippen LogP contribution in [0.4, 0.5) is 17.5 Å². The second-order valence-electron chi connectivity index (χ2n) is 5.61. The first-order valence-electron chi connectivity index (χ1n) is 8.12. The average molecular weight is 376 g/mol. The summed E-state index contributed by atoms with van der Waals surface area (Å²) in [5.74, 6) is 1.01. The lowest BCUT2D eigenvalue weighted by Crippen LogP contribution is -2.33. The van der Waals surface area contributed by atoms with Crippen LogP contribution in [0.3, 0.4) is 0 Å². The maximum Gasteiger partial charge on any atom is 0.254 e. The summed E-state index contributed by atoms with van der Waals surface area (Å²) >= 11 is 0. The van der Waals surface area contributed by atoms with E-state index in [1.54, 1.807) is 32.4 Å². The van der Waals surface area contributed by atoms with Crippen molar-refractivity contribution in [1.29, 1.82) is 0 Å². The zero-order valence-electron chi connectivity index (χ0n) is 15.5. The molecule has 1 unspecified atom stereocenters. The van der Waals surface area contributed by atoms with Gasteiger partial charge in [0.15, 0.2) is 11.5 Å². The van der Waals surface area contributed by atoms with Crippen LogP contribution in [0, 0.1) is 0 Å². The van der Waals surface area contributed by atoms with Gasteiger partial charge in [-0.05, 0) is 12.1 Å². The van der Waals surface area contributed by atoms with E-state index in [2.05, 4.69) is 20.6 Å². The number of carbonyl (C=O) groups excluding carboxylic acids is 1. The number of nitrogens with one attached hydrogen (secondary N) is 2. The summed E-state index contributed by atoms with van der Waals surface area (Å²) in [6, 6.07) is 4.98. The number of benzene rings is 1. The summed E-state index contributed by atoms with van der Waals surface area (Å²) in [6.45, 7) is 0.794. The Morgan fingerprint density at radius 1 is 1.22 bits per heavy atom. The van der Waals surface area contributed by atoms with Crippen molar-refractivity contribution in [1.82, 2.24) is 9.97 Å². The molecule has 10 heteroatoms. The number of anilines is 3. The van der Waals surface area contributed by atoms with Crippen molar-refractivity contribution < 1.29 is 19.0 Å². The van der Waals surface area contributed by atoms with Gasteiger partial charge in [0.2, 0.25) is 5.95 Å². The first kappa shape index (κ1) is 20.2. The summed E-state index contributed by atoms with van der Waals surface area (Å²) < 4.78 is 15.5. The molecule has 1 aromatic carbocycles. The first-order chi connectivity index (χ1) is 13.0. The molecule has 146 valence electrons. The molecule has 1 heterocycles. The van der Waals surface area contributed by atoms with Crippen LogP contribution in [0.15, 0.2) is 24.4 Å². The van der Waals surface area contributed by atoms with Crippen molar-refractivity contribution in [2.45, 2.75) is 6.04 Å². The number of hydrogen-bond donors (Lipinski definition) is 4. The van der Waals surface area contributed by atoms with Gasteiger partial charge in [0.05, 0.1) is 20.8 Å². The van der Waals surface area contributed by atoms with Crippen LogP contribution in [-0.2, 0) is 4.74 Å². The zero-order chi connectivity index (χ0) is 19.8. The molecular formula is C17H24N6O4. The van der Waals surface area contributed by atoms with E-state index in [4.69, 9.17) is 25.7 Å². The number of nitrogens with zero attached hydrogens (tertiary/aromatic N) is 2. The lowest BCUT2D eigenvalue weighted by molar-refractivity contribution is 0.100. The average Bonchev–Trinajstić information content (AvgIpc) is 2.66. The van der Waals surface area contributed by atoms with E-state index in [0.717, 1.165) is 0 Å². The van der Waals surface area contributed by atoms with Crippen molar-refractivity contribution in [2.75, 3.05) is 45.1 Å². The van der Waals surface area contributed by atoms with Gasteiger partial charge in [-0.1, -0.05) is 0 Å². The summed E-state index contributed by atoms with van der Waals surface area (Å²) in [7, 11) is 4.66. The van der Waals surface area contributed by atoms with E-state index in [1.807, 2.05) is 0 Å². The molecule has 1 aromatic heterocycles. The second kappa shape index (κ2) is 9.55. The minimum atomic E-state index is -0.652. The third-order valence-electron chi connectivity index (χ3n) is 3.60. The molecule has 2 rings (SSSR count). The number of primary amides is 1. The van der Waals surface area contributed by atoms with Crippen molar-refractivity contribution in [3.05, 3.63) is 30.0 Å². The van der Waals surface area contributed by atoms with E-state index in [-0.39, 0.29) is 17.4 Å². The lowest BCUT2D eigenvalue weighted by atomic mass is 10.2. The molecule has 0 aliphatic carbocycles. The maximum absolute atomic E-state index is 11.7. The Labute approximate surface area is 157 Å². The fourth-order valence-electron chi connectivity index (χ4n) is 2.29. The van der Waals surface area contributed by atoms with Gasteiger partial charge in [-0.2, -0.15) is 4.98 Å². The Kier molecular flexibility index (Phi) is 7.15.